The molecule has 0 fully saturated rings. The predicted molar refractivity (Wildman–Crippen MR) is 106 cm³/mol. The van der Waals surface area contributed by atoms with Crippen LogP contribution in [0.15, 0.2) is 30.3 Å². The quantitative estimate of drug-likeness (QED) is 0.549. The van der Waals surface area contributed by atoms with E-state index in [1.165, 1.54) is 22.3 Å². The molecule has 130 valence electrons. The smallest absolute Gasteiger partial charge is 0.120 e. The monoisotopic (exact) mass is 344 g/mol. The Bertz CT molecular complexity index is 685. The average Bonchev–Trinajstić information content (AvgIpc) is 2.52. The first kappa shape index (κ1) is 18.9. The zero-order valence-electron chi connectivity index (χ0n) is 15.9. The van der Waals surface area contributed by atoms with Gasteiger partial charge in [-0.2, -0.15) is 0 Å². The molecule has 0 spiro atoms. The van der Waals surface area contributed by atoms with Crippen molar-refractivity contribution in [3.05, 3.63) is 52.0 Å². The zero-order valence-corrected chi connectivity index (χ0v) is 16.7. The molecule has 0 saturated heterocycles. The highest BCUT2D eigenvalue weighted by atomic mass is 35.5. The van der Waals surface area contributed by atoms with Crippen LogP contribution in [0.25, 0.3) is 11.1 Å². The van der Waals surface area contributed by atoms with Gasteiger partial charge in [-0.15, -0.1) is 0 Å². The lowest BCUT2D eigenvalue weighted by atomic mass is 9.82. The third-order valence-corrected chi connectivity index (χ3v) is 4.75. The number of methoxy groups -OCH3 is 1. The van der Waals surface area contributed by atoms with Gasteiger partial charge < -0.3 is 4.74 Å². The normalized spacial score (nSPS) is 11.6. The molecule has 2 heteroatoms. The van der Waals surface area contributed by atoms with Crippen LogP contribution in [0.5, 0.6) is 5.75 Å². The van der Waals surface area contributed by atoms with Crippen molar-refractivity contribution < 1.29 is 4.74 Å². The highest BCUT2D eigenvalue weighted by Gasteiger charge is 2.19. The van der Waals surface area contributed by atoms with Gasteiger partial charge in [-0.3, -0.25) is 0 Å². The number of ether oxygens (including phenoxy) is 1. The van der Waals surface area contributed by atoms with E-state index < -0.39 is 0 Å². The van der Waals surface area contributed by atoms with E-state index in [9.17, 15) is 0 Å². The molecular formula is C22H29ClO. The van der Waals surface area contributed by atoms with Crippen LogP contribution in [0, 0.1) is 0 Å². The fraction of sp³-hybridized carbons (Fsp3) is 0.455. The molecule has 0 aromatic heterocycles. The second kappa shape index (κ2) is 7.61. The van der Waals surface area contributed by atoms with Gasteiger partial charge in [-0.05, 0) is 63.8 Å². The minimum absolute atomic E-state index is 0.446. The standard InChI is InChI=1S/C22H29ClO/c1-13(2)16-10-20(14(3)4)22(21(11-16)15(5)6)17-8-18(23)12-19(9-17)24-7/h8-15H,1-7H3. The van der Waals surface area contributed by atoms with Crippen molar-refractivity contribution >= 4 is 11.6 Å². The van der Waals surface area contributed by atoms with E-state index in [0.717, 1.165) is 11.3 Å². The molecule has 0 N–H and O–H groups in total. The number of rotatable bonds is 5. The van der Waals surface area contributed by atoms with Crippen LogP contribution in [0.4, 0.5) is 0 Å². The molecule has 0 bridgehead atoms. The Morgan fingerprint density at radius 3 is 1.71 bits per heavy atom. The molecule has 0 unspecified atom stereocenters. The number of benzene rings is 2. The first-order valence-electron chi connectivity index (χ1n) is 8.77. The molecule has 0 aliphatic heterocycles. The minimum Gasteiger partial charge on any atom is -0.497 e. The first-order chi connectivity index (χ1) is 11.2. The van der Waals surface area contributed by atoms with Crippen LogP contribution in [-0.4, -0.2) is 7.11 Å². The Balaban J connectivity index is 2.82. The number of hydrogen-bond acceptors (Lipinski definition) is 1. The molecule has 24 heavy (non-hydrogen) atoms. The maximum Gasteiger partial charge on any atom is 0.120 e. The average molecular weight is 345 g/mol. The molecule has 0 atom stereocenters. The molecule has 0 aliphatic rings. The summed E-state index contributed by atoms with van der Waals surface area (Å²) >= 11 is 6.34. The summed E-state index contributed by atoms with van der Waals surface area (Å²) in [7, 11) is 1.68. The Hall–Kier alpha value is -1.47. The molecule has 0 radical (unpaired) electrons. The van der Waals surface area contributed by atoms with Gasteiger partial charge in [-0.25, -0.2) is 0 Å². The SMILES string of the molecule is COc1cc(Cl)cc(-c2c(C(C)C)cc(C(C)C)cc2C(C)C)c1. The van der Waals surface area contributed by atoms with Gasteiger partial charge >= 0.3 is 0 Å². The summed E-state index contributed by atoms with van der Waals surface area (Å²) in [6.45, 7) is 13.5. The molecule has 1 nitrogen and oxygen atoms in total. The molecule has 0 heterocycles. The van der Waals surface area contributed by atoms with Crippen molar-refractivity contribution in [2.45, 2.75) is 59.3 Å². The van der Waals surface area contributed by atoms with Crippen molar-refractivity contribution in [1.29, 1.82) is 0 Å². The largest absolute Gasteiger partial charge is 0.497 e. The van der Waals surface area contributed by atoms with E-state index >= 15 is 0 Å². The number of halogens is 1. The fourth-order valence-electron chi connectivity index (χ4n) is 3.11. The third kappa shape index (κ3) is 3.95. The maximum absolute atomic E-state index is 6.34. The van der Waals surface area contributed by atoms with Gasteiger partial charge in [0.2, 0.25) is 0 Å². The van der Waals surface area contributed by atoms with Gasteiger partial charge in [0.25, 0.3) is 0 Å². The van der Waals surface area contributed by atoms with Crippen molar-refractivity contribution in [3.8, 4) is 16.9 Å². The predicted octanol–water partition coefficient (Wildman–Crippen LogP) is 7.39. The second-order valence-corrected chi connectivity index (χ2v) is 7.85. The molecular weight excluding hydrogens is 316 g/mol. The van der Waals surface area contributed by atoms with Crippen molar-refractivity contribution in [2.75, 3.05) is 7.11 Å². The van der Waals surface area contributed by atoms with Crippen molar-refractivity contribution in [1.82, 2.24) is 0 Å². The summed E-state index contributed by atoms with van der Waals surface area (Å²) in [4.78, 5) is 0. The zero-order chi connectivity index (χ0) is 18.0. The third-order valence-electron chi connectivity index (χ3n) is 4.53. The molecule has 0 saturated carbocycles. The van der Waals surface area contributed by atoms with E-state index in [4.69, 9.17) is 16.3 Å². The Kier molecular flexibility index (Phi) is 5.98. The van der Waals surface area contributed by atoms with Crippen LogP contribution >= 0.6 is 11.6 Å². The van der Waals surface area contributed by atoms with Gasteiger partial charge in [0.1, 0.15) is 5.75 Å². The van der Waals surface area contributed by atoms with E-state index in [1.807, 2.05) is 12.1 Å². The minimum atomic E-state index is 0.446. The second-order valence-electron chi connectivity index (χ2n) is 7.42. The van der Waals surface area contributed by atoms with Gasteiger partial charge in [0.15, 0.2) is 0 Å². The summed E-state index contributed by atoms with van der Waals surface area (Å²) in [6, 6.07) is 10.7. The summed E-state index contributed by atoms with van der Waals surface area (Å²) in [5.74, 6) is 2.21. The summed E-state index contributed by atoms with van der Waals surface area (Å²) in [5.41, 5.74) is 6.62. The van der Waals surface area contributed by atoms with E-state index in [2.05, 4.69) is 59.7 Å². The Labute approximate surface area is 152 Å². The van der Waals surface area contributed by atoms with E-state index in [-0.39, 0.29) is 0 Å². The van der Waals surface area contributed by atoms with E-state index in [0.29, 0.717) is 22.8 Å². The summed E-state index contributed by atoms with van der Waals surface area (Å²) in [5, 5.41) is 0.710. The maximum atomic E-state index is 6.34. The first-order valence-corrected chi connectivity index (χ1v) is 9.15. The van der Waals surface area contributed by atoms with E-state index in [1.54, 1.807) is 7.11 Å². The van der Waals surface area contributed by atoms with Gasteiger partial charge in [0, 0.05) is 5.02 Å². The topological polar surface area (TPSA) is 9.23 Å². The Morgan fingerprint density at radius 1 is 0.750 bits per heavy atom. The highest BCUT2D eigenvalue weighted by molar-refractivity contribution is 6.31. The van der Waals surface area contributed by atoms with Crippen LogP contribution in [0.3, 0.4) is 0 Å². The highest BCUT2D eigenvalue weighted by Crippen LogP contribution is 2.40. The van der Waals surface area contributed by atoms with Gasteiger partial charge in [-0.1, -0.05) is 65.3 Å². The lowest BCUT2D eigenvalue weighted by molar-refractivity contribution is 0.415. The molecule has 0 aliphatic carbocycles. The fourth-order valence-corrected chi connectivity index (χ4v) is 3.34. The Morgan fingerprint density at radius 2 is 1.29 bits per heavy atom. The molecule has 0 amide bonds. The van der Waals surface area contributed by atoms with Gasteiger partial charge in [0.05, 0.1) is 7.11 Å². The lowest BCUT2D eigenvalue weighted by Crippen LogP contribution is -2.03. The van der Waals surface area contributed by atoms with Crippen LogP contribution in [0.2, 0.25) is 5.02 Å². The van der Waals surface area contributed by atoms with Crippen LogP contribution in [-0.2, 0) is 0 Å². The number of hydrogen-bond donors (Lipinski definition) is 0. The van der Waals surface area contributed by atoms with Crippen LogP contribution in [0.1, 0.15) is 76.0 Å². The van der Waals surface area contributed by atoms with Crippen molar-refractivity contribution in [3.63, 3.8) is 0 Å². The summed E-state index contributed by atoms with van der Waals surface area (Å²) in [6.07, 6.45) is 0. The van der Waals surface area contributed by atoms with Crippen LogP contribution < -0.4 is 4.74 Å². The lowest BCUT2D eigenvalue weighted by Gasteiger charge is -2.23. The van der Waals surface area contributed by atoms with Crippen molar-refractivity contribution in [2.24, 2.45) is 0 Å². The molecule has 2 rings (SSSR count). The summed E-state index contributed by atoms with van der Waals surface area (Å²) < 4.78 is 5.44. The molecule has 2 aromatic rings. The molecule has 2 aromatic carbocycles.